The Bertz CT molecular complexity index is 431. The third-order valence-corrected chi connectivity index (χ3v) is 5.49. The molecule has 0 radical (unpaired) electrons. The number of hydrogen-bond acceptors (Lipinski definition) is 6. The van der Waals surface area contributed by atoms with Crippen molar-refractivity contribution in [3.05, 3.63) is 0 Å². The van der Waals surface area contributed by atoms with Crippen molar-refractivity contribution in [3.63, 3.8) is 0 Å². The van der Waals surface area contributed by atoms with E-state index >= 15 is 0 Å². The Morgan fingerprint density at radius 3 is 2.31 bits per heavy atom. The van der Waals surface area contributed by atoms with Crippen LogP contribution >= 0.6 is 23.5 Å². The molecule has 84 valence electrons. The SMILES string of the molecule is O=C1CC2C3CC(C(=O)SC3=O)C2C(=O)S1. The summed E-state index contributed by atoms with van der Waals surface area (Å²) in [6.07, 6.45) is 0.737. The van der Waals surface area contributed by atoms with Crippen LogP contribution in [0.4, 0.5) is 0 Å². The summed E-state index contributed by atoms with van der Waals surface area (Å²) >= 11 is 1.46. The van der Waals surface area contributed by atoms with Gasteiger partial charge in [0.1, 0.15) is 0 Å². The van der Waals surface area contributed by atoms with Crippen molar-refractivity contribution >= 4 is 44.0 Å². The lowest BCUT2D eigenvalue weighted by atomic mass is 9.86. The minimum atomic E-state index is -0.390. The summed E-state index contributed by atoms with van der Waals surface area (Å²) in [6, 6.07) is 0. The standard InChI is InChI=1S/C10H8O4S2/c11-6-2-3-4-1-5(7(3)10(14)15-6)9(13)16-8(4)12/h3-5,7H,1-2H2. The van der Waals surface area contributed by atoms with E-state index in [4.69, 9.17) is 0 Å². The molecule has 0 spiro atoms. The van der Waals surface area contributed by atoms with Gasteiger partial charge >= 0.3 is 0 Å². The molecule has 3 aliphatic rings. The van der Waals surface area contributed by atoms with Gasteiger partial charge in [-0.1, -0.05) is 0 Å². The lowest BCUT2D eigenvalue weighted by Crippen LogP contribution is -2.32. The van der Waals surface area contributed by atoms with Gasteiger partial charge in [-0.15, -0.1) is 0 Å². The van der Waals surface area contributed by atoms with Crippen molar-refractivity contribution in [2.45, 2.75) is 12.8 Å². The normalized spacial score (nSPS) is 42.5. The summed E-state index contributed by atoms with van der Waals surface area (Å²) in [5.41, 5.74) is 0. The molecule has 2 aliphatic heterocycles. The molecule has 6 heteroatoms. The highest BCUT2D eigenvalue weighted by Gasteiger charge is 2.58. The average molecular weight is 256 g/mol. The molecule has 3 rings (SSSR count). The van der Waals surface area contributed by atoms with Gasteiger partial charge in [-0.3, -0.25) is 19.2 Å². The van der Waals surface area contributed by atoms with Crippen LogP contribution in [0.25, 0.3) is 0 Å². The van der Waals surface area contributed by atoms with E-state index in [0.29, 0.717) is 6.42 Å². The minimum absolute atomic E-state index is 0.152. The molecule has 0 aromatic rings. The summed E-state index contributed by atoms with van der Waals surface area (Å²) in [6.45, 7) is 0. The first-order valence-corrected chi connectivity index (χ1v) is 6.71. The van der Waals surface area contributed by atoms with E-state index < -0.39 is 0 Å². The number of fused-ring (bicyclic) bond motifs is 5. The highest BCUT2D eigenvalue weighted by atomic mass is 32.2. The topological polar surface area (TPSA) is 68.3 Å². The Balaban J connectivity index is 2.02. The lowest BCUT2D eigenvalue weighted by molar-refractivity contribution is -0.125. The first kappa shape index (κ1) is 10.5. The van der Waals surface area contributed by atoms with Crippen LogP contribution in [-0.4, -0.2) is 20.5 Å². The maximum atomic E-state index is 11.8. The fourth-order valence-electron chi connectivity index (χ4n) is 2.93. The largest absolute Gasteiger partial charge is 0.287 e. The molecule has 3 fully saturated rings. The van der Waals surface area contributed by atoms with Gasteiger partial charge in [0, 0.05) is 24.2 Å². The number of carbonyl (C=O) groups excluding carboxylic acids is 4. The minimum Gasteiger partial charge on any atom is -0.287 e. The van der Waals surface area contributed by atoms with E-state index in [1.54, 1.807) is 0 Å². The molecule has 2 bridgehead atoms. The van der Waals surface area contributed by atoms with Crippen LogP contribution in [0.5, 0.6) is 0 Å². The quantitative estimate of drug-likeness (QED) is 0.640. The molecule has 1 aliphatic carbocycles. The van der Waals surface area contributed by atoms with E-state index in [1.807, 2.05) is 0 Å². The van der Waals surface area contributed by atoms with Gasteiger partial charge in [-0.25, -0.2) is 0 Å². The zero-order valence-corrected chi connectivity index (χ0v) is 9.81. The predicted molar refractivity (Wildman–Crippen MR) is 58.4 cm³/mol. The molecule has 16 heavy (non-hydrogen) atoms. The van der Waals surface area contributed by atoms with Gasteiger partial charge < -0.3 is 0 Å². The molecular weight excluding hydrogens is 248 g/mol. The van der Waals surface area contributed by atoms with Crippen molar-refractivity contribution < 1.29 is 19.2 Å². The van der Waals surface area contributed by atoms with E-state index in [-0.39, 0.29) is 50.6 Å². The zero-order valence-electron chi connectivity index (χ0n) is 8.17. The Morgan fingerprint density at radius 1 is 0.875 bits per heavy atom. The summed E-state index contributed by atoms with van der Waals surface area (Å²) in [5, 5.41) is -0.709. The number of thioether (sulfide) groups is 2. The van der Waals surface area contributed by atoms with Crippen LogP contribution in [0.1, 0.15) is 12.8 Å². The van der Waals surface area contributed by atoms with Gasteiger partial charge in [0.05, 0.1) is 0 Å². The number of carbonyl (C=O) groups is 4. The summed E-state index contributed by atoms with van der Waals surface area (Å²) in [7, 11) is 0. The van der Waals surface area contributed by atoms with Crippen molar-refractivity contribution in [3.8, 4) is 0 Å². The fraction of sp³-hybridized carbons (Fsp3) is 0.600. The Hall–Kier alpha value is -0.620. The molecule has 2 saturated heterocycles. The Kier molecular flexibility index (Phi) is 2.26. The van der Waals surface area contributed by atoms with E-state index in [9.17, 15) is 19.2 Å². The van der Waals surface area contributed by atoms with E-state index in [2.05, 4.69) is 0 Å². The molecule has 4 atom stereocenters. The van der Waals surface area contributed by atoms with Gasteiger partial charge in [-0.2, -0.15) is 0 Å². The molecule has 4 nitrogen and oxygen atoms in total. The van der Waals surface area contributed by atoms with E-state index in [0.717, 1.165) is 23.5 Å². The highest BCUT2D eigenvalue weighted by molar-refractivity contribution is 8.27. The van der Waals surface area contributed by atoms with Crippen molar-refractivity contribution in [2.24, 2.45) is 23.7 Å². The van der Waals surface area contributed by atoms with Gasteiger partial charge in [-0.05, 0) is 35.9 Å². The first-order chi connectivity index (χ1) is 7.58. The zero-order chi connectivity index (χ0) is 11.4. The molecular formula is C10H8O4S2. The number of rotatable bonds is 0. The maximum absolute atomic E-state index is 11.8. The van der Waals surface area contributed by atoms with Crippen LogP contribution in [0, 0.1) is 23.7 Å². The second-order valence-electron chi connectivity index (χ2n) is 4.38. The second-order valence-corrected chi connectivity index (χ2v) is 6.45. The molecule has 0 aromatic heterocycles. The average Bonchev–Trinajstić information content (AvgIpc) is 2.52. The van der Waals surface area contributed by atoms with Gasteiger partial charge in [0.2, 0.25) is 5.12 Å². The smallest absolute Gasteiger partial charge is 0.200 e. The van der Waals surface area contributed by atoms with Crippen molar-refractivity contribution in [2.75, 3.05) is 0 Å². The summed E-state index contributed by atoms with van der Waals surface area (Å²) in [4.78, 5) is 46.4. The maximum Gasteiger partial charge on any atom is 0.200 e. The van der Waals surface area contributed by atoms with Crippen LogP contribution < -0.4 is 0 Å². The summed E-state index contributed by atoms with van der Waals surface area (Å²) in [5.74, 6) is -1.19. The lowest BCUT2D eigenvalue weighted by Gasteiger charge is -2.24. The predicted octanol–water partition coefficient (Wildman–Crippen LogP) is 0.845. The van der Waals surface area contributed by atoms with Gasteiger partial charge in [0.25, 0.3) is 0 Å². The monoisotopic (exact) mass is 256 g/mol. The van der Waals surface area contributed by atoms with Gasteiger partial charge in [0.15, 0.2) is 15.3 Å². The molecule has 1 saturated carbocycles. The van der Waals surface area contributed by atoms with Crippen LogP contribution in [0.2, 0.25) is 0 Å². The molecule has 0 N–H and O–H groups in total. The summed E-state index contributed by atoms with van der Waals surface area (Å²) < 4.78 is 0. The van der Waals surface area contributed by atoms with Crippen LogP contribution in [0.3, 0.4) is 0 Å². The van der Waals surface area contributed by atoms with Crippen molar-refractivity contribution in [1.82, 2.24) is 0 Å². The third-order valence-electron chi connectivity index (χ3n) is 3.62. The first-order valence-electron chi connectivity index (χ1n) is 5.08. The van der Waals surface area contributed by atoms with Crippen LogP contribution in [0.15, 0.2) is 0 Å². The third kappa shape index (κ3) is 1.32. The Labute approximate surface area is 99.9 Å². The van der Waals surface area contributed by atoms with E-state index in [1.165, 1.54) is 0 Å². The highest BCUT2D eigenvalue weighted by Crippen LogP contribution is 2.54. The van der Waals surface area contributed by atoms with Crippen molar-refractivity contribution in [1.29, 1.82) is 0 Å². The fourth-order valence-corrected chi connectivity index (χ4v) is 4.92. The molecule has 2 heterocycles. The Morgan fingerprint density at radius 2 is 1.56 bits per heavy atom. The molecule has 0 amide bonds. The second kappa shape index (κ2) is 3.43. The number of hydrogen-bond donors (Lipinski definition) is 0. The molecule has 0 aromatic carbocycles. The molecule has 4 unspecified atom stereocenters. The van der Waals surface area contributed by atoms with Crippen LogP contribution in [-0.2, 0) is 19.2 Å².